The Morgan fingerprint density at radius 1 is 1.00 bits per heavy atom. The molecule has 1 saturated heterocycles. The third-order valence-electron chi connectivity index (χ3n) is 5.57. The van der Waals surface area contributed by atoms with E-state index in [0.717, 1.165) is 25.1 Å². The van der Waals surface area contributed by atoms with Gasteiger partial charge in [0.2, 0.25) is 5.91 Å². The molecular weight excluding hydrogens is 413 g/mol. The maximum absolute atomic E-state index is 12.4. The number of carboxylic acid groups (broad SMARTS) is 1. The minimum absolute atomic E-state index is 0.0930. The van der Waals surface area contributed by atoms with E-state index in [9.17, 15) is 22.8 Å². The standard InChI is InChI=1S/C20H28N2O2.C2HF3O2/c23-19-11-12-20(24)22(18-10-4-3-9-17(18)19)16-8-7-15-21-13-5-1-2-6-14-21;3-2(4,5)1(6)7/h3-4,9-10H,1-2,5-8,11-16H2;(H,6,7). The molecule has 172 valence electrons. The number of hydrogen-bond donors (Lipinski definition) is 1. The van der Waals surface area contributed by atoms with Gasteiger partial charge in [-0.25, -0.2) is 0 Å². The molecule has 1 aromatic carbocycles. The maximum Gasteiger partial charge on any atom is 0.430 e. The highest BCUT2D eigenvalue weighted by Crippen LogP contribution is 2.27. The van der Waals surface area contributed by atoms with Gasteiger partial charge in [0.25, 0.3) is 0 Å². The maximum atomic E-state index is 12.4. The largest absolute Gasteiger partial charge is 0.542 e. The summed E-state index contributed by atoms with van der Waals surface area (Å²) in [5, 5.41) is 8.78. The SMILES string of the molecule is O=C([O-])C(F)(F)F.O=C1CCC(=O)N(CCCC[NH+]2CCCCCC2)c2ccccc21. The Morgan fingerprint density at radius 3 is 2.23 bits per heavy atom. The first-order valence-electron chi connectivity index (χ1n) is 10.7. The van der Waals surface area contributed by atoms with Gasteiger partial charge in [-0.3, -0.25) is 9.59 Å². The van der Waals surface area contributed by atoms with Crippen molar-refractivity contribution in [1.29, 1.82) is 0 Å². The van der Waals surface area contributed by atoms with E-state index in [0.29, 0.717) is 18.4 Å². The molecule has 0 bridgehead atoms. The predicted octanol–water partition coefficient (Wildman–Crippen LogP) is 1.53. The first-order chi connectivity index (χ1) is 14.7. The number of para-hydroxylation sites is 1. The van der Waals surface area contributed by atoms with Crippen molar-refractivity contribution < 1.29 is 37.6 Å². The predicted molar refractivity (Wildman–Crippen MR) is 107 cm³/mol. The van der Waals surface area contributed by atoms with Crippen LogP contribution in [-0.2, 0) is 9.59 Å². The molecule has 2 aliphatic heterocycles. The van der Waals surface area contributed by atoms with Crippen LogP contribution in [0, 0.1) is 0 Å². The summed E-state index contributed by atoms with van der Waals surface area (Å²) in [4.78, 5) is 37.0. The van der Waals surface area contributed by atoms with Crippen molar-refractivity contribution in [3.8, 4) is 0 Å². The number of nitrogens with one attached hydrogen (secondary N) is 1. The summed E-state index contributed by atoms with van der Waals surface area (Å²) in [5.41, 5.74) is 1.52. The van der Waals surface area contributed by atoms with Crippen molar-refractivity contribution >= 4 is 23.3 Å². The van der Waals surface area contributed by atoms with Gasteiger partial charge in [-0.05, 0) is 50.7 Å². The topological polar surface area (TPSA) is 81.9 Å². The van der Waals surface area contributed by atoms with Gasteiger partial charge in [0, 0.05) is 24.9 Å². The molecule has 2 aliphatic rings. The molecule has 0 spiro atoms. The third-order valence-corrected chi connectivity index (χ3v) is 5.57. The van der Waals surface area contributed by atoms with Crippen LogP contribution in [0.3, 0.4) is 0 Å². The molecule has 0 atom stereocenters. The second kappa shape index (κ2) is 11.8. The van der Waals surface area contributed by atoms with Crippen LogP contribution < -0.4 is 14.9 Å². The number of alkyl halides is 3. The molecule has 1 aromatic rings. The number of fused-ring (bicyclic) bond motifs is 1. The zero-order valence-corrected chi connectivity index (χ0v) is 17.5. The van der Waals surface area contributed by atoms with Crippen LogP contribution in [0.15, 0.2) is 24.3 Å². The second-order valence-corrected chi connectivity index (χ2v) is 7.89. The fraction of sp³-hybridized carbons (Fsp3) is 0.591. The quantitative estimate of drug-likeness (QED) is 0.702. The highest BCUT2D eigenvalue weighted by Gasteiger charge is 2.29. The fourth-order valence-electron chi connectivity index (χ4n) is 3.94. The average Bonchev–Trinajstić information content (AvgIpc) is 3.05. The number of benzene rings is 1. The Labute approximate surface area is 180 Å². The molecule has 6 nitrogen and oxygen atoms in total. The van der Waals surface area contributed by atoms with E-state index in [4.69, 9.17) is 9.90 Å². The highest BCUT2D eigenvalue weighted by molar-refractivity contribution is 6.10. The Hall–Kier alpha value is -2.42. The zero-order valence-electron chi connectivity index (χ0n) is 17.5. The van der Waals surface area contributed by atoms with Crippen molar-refractivity contribution in [2.24, 2.45) is 0 Å². The smallest absolute Gasteiger partial charge is 0.430 e. The molecule has 0 aliphatic carbocycles. The van der Waals surface area contributed by atoms with Crippen molar-refractivity contribution in [3.05, 3.63) is 29.8 Å². The number of carbonyl (C=O) groups is 3. The number of nitrogens with zero attached hydrogens (tertiary/aromatic N) is 1. The first-order valence-corrected chi connectivity index (χ1v) is 10.7. The van der Waals surface area contributed by atoms with E-state index in [1.54, 1.807) is 4.90 Å². The first kappa shape index (κ1) is 24.8. The number of ketones is 1. The molecule has 1 amide bonds. The molecule has 0 aromatic heterocycles. The lowest BCUT2D eigenvalue weighted by Crippen LogP contribution is -3.11. The molecule has 1 fully saturated rings. The number of halogens is 3. The van der Waals surface area contributed by atoms with Crippen molar-refractivity contribution in [1.82, 2.24) is 0 Å². The monoisotopic (exact) mass is 442 g/mol. The number of Topliss-reactive ketones (excluding diaryl/α,β-unsaturated/α-hetero) is 1. The van der Waals surface area contributed by atoms with E-state index in [2.05, 4.69) is 0 Å². The molecule has 0 unspecified atom stereocenters. The lowest BCUT2D eigenvalue weighted by Gasteiger charge is -2.23. The number of amides is 1. The zero-order chi connectivity index (χ0) is 22.9. The van der Waals surface area contributed by atoms with E-state index in [-0.39, 0.29) is 11.7 Å². The van der Waals surface area contributed by atoms with Crippen molar-refractivity contribution in [3.63, 3.8) is 0 Å². The molecule has 9 heteroatoms. The Bertz CT molecular complexity index is 759. The van der Waals surface area contributed by atoms with Crippen LogP contribution >= 0.6 is 0 Å². The van der Waals surface area contributed by atoms with Crippen LogP contribution in [-0.4, -0.2) is 50.0 Å². The lowest BCUT2D eigenvalue weighted by atomic mass is 10.1. The Balaban J connectivity index is 0.000000423. The molecule has 3 rings (SSSR count). The summed E-state index contributed by atoms with van der Waals surface area (Å²) in [6.45, 7) is 4.55. The minimum atomic E-state index is -5.19. The number of likely N-dealkylation sites (tertiary alicyclic amines) is 1. The van der Waals surface area contributed by atoms with Gasteiger partial charge in [0.15, 0.2) is 5.78 Å². The number of carbonyl (C=O) groups excluding carboxylic acids is 3. The molecule has 31 heavy (non-hydrogen) atoms. The summed E-state index contributed by atoms with van der Waals surface area (Å²) in [5.74, 6) is -2.82. The number of carboxylic acids is 1. The van der Waals surface area contributed by atoms with E-state index in [1.807, 2.05) is 29.2 Å². The Kier molecular flexibility index (Phi) is 9.48. The number of rotatable bonds is 5. The van der Waals surface area contributed by atoms with Gasteiger partial charge in [-0.1, -0.05) is 12.1 Å². The lowest BCUT2D eigenvalue weighted by molar-refractivity contribution is -0.899. The number of unbranched alkanes of at least 4 members (excludes halogenated alkanes) is 1. The van der Waals surface area contributed by atoms with Gasteiger partial charge >= 0.3 is 6.18 Å². The number of quaternary nitrogens is 1. The van der Waals surface area contributed by atoms with Crippen LogP contribution in [0.2, 0.25) is 0 Å². The van der Waals surface area contributed by atoms with Crippen LogP contribution in [0.1, 0.15) is 61.7 Å². The molecule has 0 radical (unpaired) electrons. The van der Waals surface area contributed by atoms with E-state index < -0.39 is 12.1 Å². The van der Waals surface area contributed by atoms with Gasteiger partial charge in [-0.2, -0.15) is 13.2 Å². The second-order valence-electron chi connectivity index (χ2n) is 7.89. The summed E-state index contributed by atoms with van der Waals surface area (Å²) in [7, 11) is 0. The molecule has 1 N–H and O–H groups in total. The van der Waals surface area contributed by atoms with Gasteiger partial charge in [0.1, 0.15) is 5.97 Å². The molecule has 0 saturated carbocycles. The van der Waals surface area contributed by atoms with Crippen molar-refractivity contribution in [2.75, 3.05) is 31.1 Å². The van der Waals surface area contributed by atoms with Gasteiger partial charge in [-0.15, -0.1) is 0 Å². The average molecular weight is 442 g/mol. The summed E-state index contributed by atoms with van der Waals surface area (Å²) >= 11 is 0. The van der Waals surface area contributed by atoms with E-state index >= 15 is 0 Å². The summed E-state index contributed by atoms with van der Waals surface area (Å²) in [6.07, 6.45) is 3.13. The fourth-order valence-corrected chi connectivity index (χ4v) is 3.94. The minimum Gasteiger partial charge on any atom is -0.542 e. The van der Waals surface area contributed by atoms with Gasteiger partial charge in [0.05, 0.1) is 25.3 Å². The summed E-state index contributed by atoms with van der Waals surface area (Å²) < 4.78 is 31.5. The van der Waals surface area contributed by atoms with Gasteiger partial charge < -0.3 is 19.7 Å². The van der Waals surface area contributed by atoms with Crippen LogP contribution in [0.25, 0.3) is 0 Å². The molecular formula is C22H29F3N2O4. The summed E-state index contributed by atoms with van der Waals surface area (Å²) in [6, 6.07) is 7.56. The van der Waals surface area contributed by atoms with Crippen LogP contribution in [0.4, 0.5) is 18.9 Å². The van der Waals surface area contributed by atoms with E-state index in [1.165, 1.54) is 45.3 Å². The number of aliphatic carboxylic acids is 1. The number of hydrogen-bond acceptors (Lipinski definition) is 4. The normalized spacial score (nSPS) is 17.8. The van der Waals surface area contributed by atoms with Crippen molar-refractivity contribution in [2.45, 2.75) is 57.5 Å². The van der Waals surface area contributed by atoms with Crippen LogP contribution in [0.5, 0.6) is 0 Å². The molecule has 2 heterocycles. The third kappa shape index (κ3) is 7.97. The highest BCUT2D eigenvalue weighted by atomic mass is 19.4. The Morgan fingerprint density at radius 2 is 1.61 bits per heavy atom. The number of anilines is 1.